The van der Waals surface area contributed by atoms with Crippen LogP contribution in [0.3, 0.4) is 0 Å². The molecule has 0 fully saturated rings. The summed E-state index contributed by atoms with van der Waals surface area (Å²) in [6.07, 6.45) is 0. The lowest BCUT2D eigenvalue weighted by molar-refractivity contribution is 0.102. The molecular weight excluding hydrogens is 370 g/mol. The predicted octanol–water partition coefficient (Wildman–Crippen LogP) is 2.79. The molecule has 3 aromatic rings. The van der Waals surface area contributed by atoms with Crippen LogP contribution < -0.4 is 10.1 Å². The van der Waals surface area contributed by atoms with Crippen molar-refractivity contribution >= 4 is 21.8 Å². The number of carbonyl (C=O) groups is 1. The molecule has 0 unspecified atom stereocenters. The summed E-state index contributed by atoms with van der Waals surface area (Å²) in [6.45, 7) is 1.54. The first-order chi connectivity index (χ1) is 12.9. The van der Waals surface area contributed by atoms with Gasteiger partial charge in [-0.1, -0.05) is 30.2 Å². The molecule has 27 heavy (non-hydrogen) atoms. The lowest BCUT2D eigenvalue weighted by atomic mass is 10.2. The first-order valence-electron chi connectivity index (χ1n) is 8.05. The highest BCUT2D eigenvalue weighted by molar-refractivity contribution is 7.91. The number of benzene rings is 2. The first kappa shape index (κ1) is 18.6. The van der Waals surface area contributed by atoms with Crippen LogP contribution in [0.25, 0.3) is 11.5 Å². The highest BCUT2D eigenvalue weighted by Gasteiger charge is 2.17. The standard InChI is InChI=1S/C18H17N3O5S/c1-3-27(23,24)13-8-6-7-12(11-13)16(22)19-18-21-20-17(26-18)14-9-4-5-10-15(14)25-2/h4-11H,3H2,1-2H3,(H,19,21,22). The van der Waals surface area contributed by atoms with Crippen LogP contribution in [0, 0.1) is 0 Å². The summed E-state index contributed by atoms with van der Waals surface area (Å²) in [4.78, 5) is 12.5. The van der Waals surface area contributed by atoms with Crippen molar-refractivity contribution in [3.05, 3.63) is 54.1 Å². The van der Waals surface area contributed by atoms with Gasteiger partial charge in [-0.2, -0.15) is 0 Å². The minimum atomic E-state index is -3.41. The zero-order valence-corrected chi connectivity index (χ0v) is 15.5. The van der Waals surface area contributed by atoms with E-state index in [0.717, 1.165) is 0 Å². The van der Waals surface area contributed by atoms with Crippen LogP contribution in [0.5, 0.6) is 5.75 Å². The van der Waals surface area contributed by atoms with E-state index in [2.05, 4.69) is 15.5 Å². The summed E-state index contributed by atoms with van der Waals surface area (Å²) in [5.74, 6) is 0.129. The van der Waals surface area contributed by atoms with Crippen molar-refractivity contribution in [2.45, 2.75) is 11.8 Å². The average Bonchev–Trinajstić information content (AvgIpc) is 3.16. The maximum Gasteiger partial charge on any atom is 0.322 e. The van der Waals surface area contributed by atoms with Crippen LogP contribution >= 0.6 is 0 Å². The number of hydrogen-bond donors (Lipinski definition) is 1. The second-order valence-electron chi connectivity index (χ2n) is 5.50. The maximum atomic E-state index is 12.4. The number of anilines is 1. The van der Waals surface area contributed by atoms with E-state index in [-0.39, 0.29) is 28.1 Å². The van der Waals surface area contributed by atoms with Gasteiger partial charge in [0, 0.05) is 5.56 Å². The van der Waals surface area contributed by atoms with Crippen LogP contribution in [0.4, 0.5) is 6.01 Å². The Morgan fingerprint density at radius 1 is 1.15 bits per heavy atom. The fourth-order valence-corrected chi connectivity index (χ4v) is 3.30. The van der Waals surface area contributed by atoms with Crippen LogP contribution in [0.1, 0.15) is 17.3 Å². The summed E-state index contributed by atoms with van der Waals surface area (Å²) < 4.78 is 34.7. The van der Waals surface area contributed by atoms with Crippen molar-refractivity contribution in [1.82, 2.24) is 10.2 Å². The zero-order valence-electron chi connectivity index (χ0n) is 14.7. The van der Waals surface area contributed by atoms with Crippen LogP contribution in [0.15, 0.2) is 57.8 Å². The van der Waals surface area contributed by atoms with E-state index in [9.17, 15) is 13.2 Å². The molecular formula is C18H17N3O5S. The van der Waals surface area contributed by atoms with Gasteiger partial charge in [0.05, 0.1) is 23.3 Å². The average molecular weight is 387 g/mol. The number of rotatable bonds is 6. The van der Waals surface area contributed by atoms with Crippen molar-refractivity contribution in [1.29, 1.82) is 0 Å². The molecule has 0 aliphatic rings. The van der Waals surface area contributed by atoms with E-state index in [0.29, 0.717) is 11.3 Å². The van der Waals surface area contributed by atoms with Crippen LogP contribution in [-0.2, 0) is 9.84 Å². The van der Waals surface area contributed by atoms with Crippen molar-refractivity contribution < 1.29 is 22.4 Å². The number of aromatic nitrogens is 2. The van der Waals surface area contributed by atoms with Gasteiger partial charge in [0.25, 0.3) is 11.8 Å². The van der Waals surface area contributed by atoms with Crippen LogP contribution in [0.2, 0.25) is 0 Å². The number of amides is 1. The summed E-state index contributed by atoms with van der Waals surface area (Å²) in [7, 11) is -1.89. The van der Waals surface area contributed by atoms with Gasteiger partial charge in [0.1, 0.15) is 5.75 Å². The van der Waals surface area contributed by atoms with E-state index in [4.69, 9.17) is 9.15 Å². The van der Waals surface area contributed by atoms with Crippen molar-refractivity contribution in [3.63, 3.8) is 0 Å². The Kier molecular flexibility index (Phi) is 5.22. The molecule has 0 aliphatic carbocycles. The van der Waals surface area contributed by atoms with E-state index in [1.54, 1.807) is 31.2 Å². The molecule has 1 N–H and O–H groups in total. The first-order valence-corrected chi connectivity index (χ1v) is 9.71. The molecule has 140 valence electrons. The Labute approximate surface area is 156 Å². The van der Waals surface area contributed by atoms with Gasteiger partial charge in [-0.05, 0) is 30.3 Å². The molecule has 0 radical (unpaired) electrons. The fourth-order valence-electron chi connectivity index (χ4n) is 2.37. The van der Waals surface area contributed by atoms with Crippen LogP contribution in [-0.4, -0.2) is 37.4 Å². The molecule has 0 aliphatic heterocycles. The smallest absolute Gasteiger partial charge is 0.322 e. The number of sulfone groups is 1. The summed E-state index contributed by atoms with van der Waals surface area (Å²) >= 11 is 0. The number of ether oxygens (including phenoxy) is 1. The highest BCUT2D eigenvalue weighted by Crippen LogP contribution is 2.29. The van der Waals surface area contributed by atoms with Gasteiger partial charge in [0.2, 0.25) is 0 Å². The van der Waals surface area contributed by atoms with Crippen molar-refractivity contribution in [2.24, 2.45) is 0 Å². The topological polar surface area (TPSA) is 111 Å². The molecule has 8 nitrogen and oxygen atoms in total. The zero-order chi connectivity index (χ0) is 19.4. The van der Waals surface area contributed by atoms with E-state index >= 15 is 0 Å². The number of hydrogen-bond acceptors (Lipinski definition) is 7. The normalized spacial score (nSPS) is 11.2. The second-order valence-corrected chi connectivity index (χ2v) is 7.78. The molecule has 0 bridgehead atoms. The predicted molar refractivity (Wildman–Crippen MR) is 98.4 cm³/mol. The lowest BCUT2D eigenvalue weighted by Gasteiger charge is -2.05. The molecule has 3 rings (SSSR count). The Morgan fingerprint density at radius 2 is 1.93 bits per heavy atom. The third kappa shape index (κ3) is 3.98. The largest absolute Gasteiger partial charge is 0.496 e. The number of nitrogens with one attached hydrogen (secondary N) is 1. The van der Waals surface area contributed by atoms with Gasteiger partial charge in [-0.15, -0.1) is 5.10 Å². The summed E-state index contributed by atoms with van der Waals surface area (Å²) in [5, 5.41) is 10.2. The maximum absolute atomic E-state index is 12.4. The molecule has 1 aromatic heterocycles. The Hall–Kier alpha value is -3.20. The minimum Gasteiger partial charge on any atom is -0.496 e. The van der Waals surface area contributed by atoms with Gasteiger partial charge in [-0.3, -0.25) is 10.1 Å². The molecule has 0 saturated heterocycles. The summed E-state index contributed by atoms with van der Waals surface area (Å²) in [5.41, 5.74) is 0.755. The van der Waals surface area contributed by atoms with Gasteiger partial charge in [-0.25, -0.2) is 8.42 Å². The Morgan fingerprint density at radius 3 is 2.67 bits per heavy atom. The van der Waals surface area contributed by atoms with Gasteiger partial charge < -0.3 is 9.15 Å². The number of carbonyl (C=O) groups excluding carboxylic acids is 1. The van der Waals surface area contributed by atoms with Crippen molar-refractivity contribution in [2.75, 3.05) is 18.2 Å². The SMILES string of the molecule is CCS(=O)(=O)c1cccc(C(=O)Nc2nnc(-c3ccccc3OC)o2)c1. The number of nitrogens with zero attached hydrogens (tertiary/aromatic N) is 2. The highest BCUT2D eigenvalue weighted by atomic mass is 32.2. The fraction of sp³-hybridized carbons (Fsp3) is 0.167. The molecule has 9 heteroatoms. The van der Waals surface area contributed by atoms with Gasteiger partial charge >= 0.3 is 6.01 Å². The second kappa shape index (κ2) is 7.58. The monoisotopic (exact) mass is 387 g/mol. The quantitative estimate of drug-likeness (QED) is 0.692. The molecule has 1 amide bonds. The number of methoxy groups -OCH3 is 1. The molecule has 0 saturated carbocycles. The molecule has 0 atom stereocenters. The van der Waals surface area contributed by atoms with Crippen molar-refractivity contribution in [3.8, 4) is 17.2 Å². The molecule has 2 aromatic carbocycles. The van der Waals surface area contributed by atoms with E-state index in [1.165, 1.54) is 31.4 Å². The summed E-state index contributed by atoms with van der Waals surface area (Å²) in [6, 6.07) is 12.7. The van der Waals surface area contributed by atoms with E-state index < -0.39 is 15.7 Å². The molecule has 0 spiro atoms. The third-order valence-corrected chi connectivity index (χ3v) is 5.55. The van der Waals surface area contributed by atoms with E-state index in [1.807, 2.05) is 0 Å². The van der Waals surface area contributed by atoms with Gasteiger partial charge in [0.15, 0.2) is 9.84 Å². The number of para-hydroxylation sites is 1. The Bertz CT molecular complexity index is 1080. The Balaban J connectivity index is 1.82. The minimum absolute atomic E-state index is 0.0516. The third-order valence-electron chi connectivity index (χ3n) is 3.82. The molecule has 1 heterocycles. The lowest BCUT2D eigenvalue weighted by Crippen LogP contribution is -2.13.